The molecule has 0 unspecified atom stereocenters. The summed E-state index contributed by atoms with van der Waals surface area (Å²) in [4.78, 5) is 18.2. The highest BCUT2D eigenvalue weighted by atomic mass is 32.1. The minimum Gasteiger partial charge on any atom is -0.351 e. The van der Waals surface area contributed by atoms with E-state index in [9.17, 15) is 4.79 Å². The molecule has 2 aromatic rings. The molecule has 2 heterocycles. The molecular formula is C12H17N3OS. The highest BCUT2D eigenvalue weighted by molar-refractivity contribution is 7.17. The lowest BCUT2D eigenvalue weighted by Crippen LogP contribution is -2.25. The van der Waals surface area contributed by atoms with Crippen molar-refractivity contribution in [3.63, 3.8) is 0 Å². The Morgan fingerprint density at radius 2 is 2.29 bits per heavy atom. The van der Waals surface area contributed by atoms with Crippen LogP contribution in [0.25, 0.3) is 4.96 Å². The number of aromatic nitrogens is 2. The number of hydrogen-bond acceptors (Lipinski definition) is 3. The van der Waals surface area contributed by atoms with Gasteiger partial charge in [0.2, 0.25) is 0 Å². The maximum atomic E-state index is 11.8. The number of nitrogens with zero attached hydrogens (tertiary/aromatic N) is 2. The predicted octanol–water partition coefficient (Wildman–Crippen LogP) is 2.48. The molecule has 1 amide bonds. The van der Waals surface area contributed by atoms with Crippen LogP contribution < -0.4 is 5.32 Å². The Kier molecular flexibility index (Phi) is 3.47. The molecule has 5 heteroatoms. The fourth-order valence-electron chi connectivity index (χ4n) is 1.59. The Balaban J connectivity index is 2.01. The molecule has 0 saturated heterocycles. The van der Waals surface area contributed by atoms with E-state index in [-0.39, 0.29) is 5.91 Å². The monoisotopic (exact) mass is 251 g/mol. The van der Waals surface area contributed by atoms with Gasteiger partial charge in [-0.3, -0.25) is 9.20 Å². The van der Waals surface area contributed by atoms with E-state index in [4.69, 9.17) is 0 Å². The molecule has 0 saturated carbocycles. The lowest BCUT2D eigenvalue weighted by molar-refractivity contribution is 0.0947. The van der Waals surface area contributed by atoms with Gasteiger partial charge in [-0.25, -0.2) is 4.98 Å². The Hall–Kier alpha value is -1.36. The SMILES string of the molecule is Cc1cn2cc(C(=O)NCCC(C)C)nc2s1. The summed E-state index contributed by atoms with van der Waals surface area (Å²) >= 11 is 1.59. The molecule has 0 aliphatic rings. The molecule has 0 aromatic carbocycles. The Morgan fingerprint density at radius 1 is 1.53 bits per heavy atom. The van der Waals surface area contributed by atoms with Crippen molar-refractivity contribution in [1.82, 2.24) is 14.7 Å². The van der Waals surface area contributed by atoms with Crippen LogP contribution in [-0.4, -0.2) is 21.8 Å². The summed E-state index contributed by atoms with van der Waals surface area (Å²) < 4.78 is 1.90. The van der Waals surface area contributed by atoms with Crippen molar-refractivity contribution >= 4 is 22.2 Å². The average molecular weight is 251 g/mol. The topological polar surface area (TPSA) is 46.4 Å². The lowest BCUT2D eigenvalue weighted by atomic mass is 10.1. The summed E-state index contributed by atoms with van der Waals surface area (Å²) in [6.45, 7) is 7.02. The van der Waals surface area contributed by atoms with Crippen molar-refractivity contribution in [2.45, 2.75) is 27.2 Å². The van der Waals surface area contributed by atoms with Gasteiger partial charge in [0.1, 0.15) is 5.69 Å². The van der Waals surface area contributed by atoms with Crippen LogP contribution in [-0.2, 0) is 0 Å². The number of thiazole rings is 1. The molecule has 2 aromatic heterocycles. The van der Waals surface area contributed by atoms with Crippen LogP contribution >= 0.6 is 11.3 Å². The first-order valence-electron chi connectivity index (χ1n) is 5.79. The molecule has 4 nitrogen and oxygen atoms in total. The smallest absolute Gasteiger partial charge is 0.271 e. The van der Waals surface area contributed by atoms with Crippen LogP contribution in [0.5, 0.6) is 0 Å². The van der Waals surface area contributed by atoms with Gasteiger partial charge in [-0.05, 0) is 19.3 Å². The molecule has 0 aliphatic carbocycles. The van der Waals surface area contributed by atoms with Crippen LogP contribution in [0.2, 0.25) is 0 Å². The van der Waals surface area contributed by atoms with Gasteiger partial charge in [-0.2, -0.15) is 0 Å². The Labute approximate surface area is 105 Å². The minimum atomic E-state index is -0.0841. The third-order valence-corrected chi connectivity index (χ3v) is 3.42. The first-order chi connectivity index (χ1) is 8.06. The Bertz CT molecular complexity index is 495. The number of rotatable bonds is 4. The van der Waals surface area contributed by atoms with Gasteiger partial charge in [0.15, 0.2) is 4.96 Å². The number of nitrogens with one attached hydrogen (secondary N) is 1. The zero-order valence-electron chi connectivity index (χ0n) is 10.4. The van der Waals surface area contributed by atoms with Gasteiger partial charge in [0, 0.05) is 23.8 Å². The van der Waals surface area contributed by atoms with Crippen molar-refractivity contribution in [3.05, 3.63) is 23.0 Å². The normalized spacial score (nSPS) is 11.3. The summed E-state index contributed by atoms with van der Waals surface area (Å²) in [5.74, 6) is 0.516. The van der Waals surface area contributed by atoms with Gasteiger partial charge in [-0.15, -0.1) is 11.3 Å². The van der Waals surface area contributed by atoms with Gasteiger partial charge >= 0.3 is 0 Å². The largest absolute Gasteiger partial charge is 0.351 e. The summed E-state index contributed by atoms with van der Waals surface area (Å²) in [6.07, 6.45) is 4.76. The first-order valence-corrected chi connectivity index (χ1v) is 6.61. The maximum absolute atomic E-state index is 11.8. The first kappa shape index (κ1) is 12.1. The summed E-state index contributed by atoms with van der Waals surface area (Å²) in [5.41, 5.74) is 0.500. The quantitative estimate of drug-likeness (QED) is 0.907. The number of hydrogen-bond donors (Lipinski definition) is 1. The van der Waals surface area contributed by atoms with Gasteiger partial charge in [-0.1, -0.05) is 13.8 Å². The molecule has 2 rings (SSSR count). The molecule has 0 aliphatic heterocycles. The number of carbonyl (C=O) groups excluding carboxylic acids is 1. The standard InChI is InChI=1S/C12H17N3OS/c1-8(2)4-5-13-11(16)10-7-15-6-9(3)17-12(15)14-10/h6-8H,4-5H2,1-3H3,(H,13,16). The molecule has 1 N–H and O–H groups in total. The van der Waals surface area contributed by atoms with E-state index in [1.54, 1.807) is 17.5 Å². The second-order valence-corrected chi connectivity index (χ2v) is 5.81. The number of amides is 1. The molecule has 0 radical (unpaired) electrons. The van der Waals surface area contributed by atoms with E-state index in [1.165, 1.54) is 4.88 Å². The van der Waals surface area contributed by atoms with Gasteiger partial charge in [0.05, 0.1) is 0 Å². The van der Waals surface area contributed by atoms with Gasteiger partial charge in [0.25, 0.3) is 5.91 Å². The number of imidazole rings is 1. The number of aryl methyl sites for hydroxylation is 1. The minimum absolute atomic E-state index is 0.0841. The van der Waals surface area contributed by atoms with Crippen molar-refractivity contribution in [2.24, 2.45) is 5.92 Å². The van der Waals surface area contributed by atoms with E-state index < -0.39 is 0 Å². The zero-order chi connectivity index (χ0) is 12.4. The molecule has 0 bridgehead atoms. The third kappa shape index (κ3) is 2.85. The van der Waals surface area contributed by atoms with Crippen LogP contribution in [0.4, 0.5) is 0 Å². The van der Waals surface area contributed by atoms with Crippen LogP contribution in [0, 0.1) is 12.8 Å². The van der Waals surface area contributed by atoms with Crippen molar-refractivity contribution in [1.29, 1.82) is 0 Å². The summed E-state index contributed by atoms with van der Waals surface area (Å²) in [5, 5.41) is 2.89. The van der Waals surface area contributed by atoms with E-state index in [1.807, 2.05) is 17.5 Å². The fraction of sp³-hybridized carbons (Fsp3) is 0.500. The van der Waals surface area contributed by atoms with Crippen molar-refractivity contribution < 1.29 is 4.79 Å². The highest BCUT2D eigenvalue weighted by Crippen LogP contribution is 2.16. The summed E-state index contributed by atoms with van der Waals surface area (Å²) in [6, 6.07) is 0. The van der Waals surface area contributed by atoms with Crippen LogP contribution in [0.3, 0.4) is 0 Å². The molecule has 0 fully saturated rings. The highest BCUT2D eigenvalue weighted by Gasteiger charge is 2.11. The average Bonchev–Trinajstić information content (AvgIpc) is 2.73. The van der Waals surface area contributed by atoms with E-state index in [2.05, 4.69) is 24.1 Å². The molecular weight excluding hydrogens is 234 g/mol. The van der Waals surface area contributed by atoms with Crippen LogP contribution in [0.1, 0.15) is 35.6 Å². The number of fused-ring (bicyclic) bond motifs is 1. The predicted molar refractivity (Wildman–Crippen MR) is 69.6 cm³/mol. The van der Waals surface area contributed by atoms with E-state index in [0.717, 1.165) is 11.4 Å². The Morgan fingerprint density at radius 3 is 2.94 bits per heavy atom. The second kappa shape index (κ2) is 4.87. The van der Waals surface area contributed by atoms with Gasteiger partial charge < -0.3 is 5.32 Å². The fourth-order valence-corrected chi connectivity index (χ4v) is 2.39. The molecule has 17 heavy (non-hydrogen) atoms. The zero-order valence-corrected chi connectivity index (χ0v) is 11.2. The van der Waals surface area contributed by atoms with E-state index >= 15 is 0 Å². The van der Waals surface area contributed by atoms with Crippen molar-refractivity contribution in [2.75, 3.05) is 6.54 Å². The van der Waals surface area contributed by atoms with Crippen molar-refractivity contribution in [3.8, 4) is 0 Å². The molecule has 0 spiro atoms. The second-order valence-electron chi connectivity index (χ2n) is 4.60. The van der Waals surface area contributed by atoms with E-state index in [0.29, 0.717) is 18.2 Å². The molecule has 92 valence electrons. The summed E-state index contributed by atoms with van der Waals surface area (Å²) in [7, 11) is 0. The maximum Gasteiger partial charge on any atom is 0.271 e. The van der Waals surface area contributed by atoms with Crippen LogP contribution in [0.15, 0.2) is 12.4 Å². The number of carbonyl (C=O) groups is 1. The third-order valence-electron chi connectivity index (χ3n) is 2.51. The molecule has 0 atom stereocenters. The lowest BCUT2D eigenvalue weighted by Gasteiger charge is -2.05.